The van der Waals surface area contributed by atoms with Gasteiger partial charge in [-0.15, -0.1) is 0 Å². The van der Waals surface area contributed by atoms with Gasteiger partial charge < -0.3 is 25.5 Å². The Morgan fingerprint density at radius 2 is 1.81 bits per heavy atom. The molecular weight excluding hydrogens is 434 g/mol. The number of carboxylic acids is 1. The highest BCUT2D eigenvalue weighted by Crippen LogP contribution is 2.28. The molecule has 10 heteroatoms. The number of nitrogens with zero attached hydrogens (tertiary/aromatic N) is 1. The van der Waals surface area contributed by atoms with Crippen LogP contribution in [0, 0.1) is 0 Å². The van der Waals surface area contributed by atoms with Crippen molar-refractivity contribution >= 4 is 27.4 Å². The van der Waals surface area contributed by atoms with E-state index in [1.165, 1.54) is 12.1 Å². The van der Waals surface area contributed by atoms with Crippen molar-refractivity contribution in [3.8, 4) is 5.75 Å². The van der Waals surface area contributed by atoms with Crippen LogP contribution >= 0.6 is 0 Å². The minimum absolute atomic E-state index is 0.0153. The number of aliphatic hydroxyl groups excluding tert-OH is 1. The summed E-state index contributed by atoms with van der Waals surface area (Å²) in [6.07, 6.45) is 1.94. The van der Waals surface area contributed by atoms with Crippen LogP contribution in [0.2, 0.25) is 0 Å². The molecule has 0 spiro atoms. The number of aliphatic hydroxyl groups is 1. The number of aliphatic carboxylic acids is 1. The van der Waals surface area contributed by atoms with Crippen LogP contribution in [0.3, 0.4) is 0 Å². The largest absolute Gasteiger partial charge is 0.506 e. The second kappa shape index (κ2) is 10.2. The Bertz CT molecular complexity index is 1030. The highest BCUT2D eigenvalue weighted by Gasteiger charge is 2.21. The molecule has 1 aliphatic rings. The fraction of sp³-hybridized carbons (Fsp3) is 0.409. The standard InChI is InChI=1S/C22H29N3O6S/c1-32(30,31)24-19-13-16(4-7-20(19)26)21(27)14-23-17-8-10-25(11-9-17)18-5-2-15(3-6-18)12-22(28)29/h2-7,13,17,21,23-24,26-27H,8-12,14H2,1H3,(H,28,29)/t21-/m0/s1. The number of sulfonamides is 1. The Morgan fingerprint density at radius 1 is 1.16 bits per heavy atom. The van der Waals surface area contributed by atoms with E-state index in [1.54, 1.807) is 6.07 Å². The molecule has 1 atom stereocenters. The number of hydrogen-bond donors (Lipinski definition) is 5. The Balaban J connectivity index is 1.49. The summed E-state index contributed by atoms with van der Waals surface area (Å²) < 4.78 is 25.1. The van der Waals surface area contributed by atoms with Crippen molar-refractivity contribution in [1.82, 2.24) is 5.32 Å². The fourth-order valence-electron chi connectivity index (χ4n) is 3.78. The van der Waals surface area contributed by atoms with E-state index in [0.717, 1.165) is 43.4 Å². The van der Waals surface area contributed by atoms with E-state index in [1.807, 2.05) is 24.3 Å². The van der Waals surface area contributed by atoms with Crippen LogP contribution in [0.25, 0.3) is 0 Å². The summed E-state index contributed by atoms with van der Waals surface area (Å²) in [6.45, 7) is 1.99. The predicted molar refractivity (Wildman–Crippen MR) is 123 cm³/mol. The normalized spacial score (nSPS) is 16.0. The van der Waals surface area contributed by atoms with Gasteiger partial charge in [-0.05, 0) is 48.2 Å². The van der Waals surface area contributed by atoms with Crippen LogP contribution in [-0.4, -0.2) is 61.6 Å². The third kappa shape index (κ3) is 6.84. The Morgan fingerprint density at radius 3 is 2.41 bits per heavy atom. The Hall–Kier alpha value is -2.82. The maximum Gasteiger partial charge on any atom is 0.307 e. The number of hydrogen-bond acceptors (Lipinski definition) is 7. The first-order valence-corrected chi connectivity index (χ1v) is 12.3. The summed E-state index contributed by atoms with van der Waals surface area (Å²) in [5.41, 5.74) is 2.37. The first kappa shape index (κ1) is 23.8. The molecule has 1 aliphatic heterocycles. The summed E-state index contributed by atoms with van der Waals surface area (Å²) in [5, 5.41) is 32.6. The van der Waals surface area contributed by atoms with Gasteiger partial charge >= 0.3 is 5.97 Å². The first-order chi connectivity index (χ1) is 15.1. The Kier molecular flexibility index (Phi) is 7.60. The van der Waals surface area contributed by atoms with Gasteiger partial charge in [0.2, 0.25) is 10.0 Å². The van der Waals surface area contributed by atoms with Gasteiger partial charge in [0.1, 0.15) is 5.75 Å². The molecule has 0 bridgehead atoms. The molecule has 1 fully saturated rings. The van der Waals surface area contributed by atoms with Gasteiger partial charge in [0, 0.05) is 31.4 Å². The van der Waals surface area contributed by atoms with Crippen LogP contribution in [-0.2, 0) is 21.2 Å². The minimum atomic E-state index is -3.55. The summed E-state index contributed by atoms with van der Waals surface area (Å²) in [4.78, 5) is 13.1. The van der Waals surface area contributed by atoms with Crippen molar-refractivity contribution in [3.63, 3.8) is 0 Å². The molecule has 1 saturated heterocycles. The van der Waals surface area contributed by atoms with Gasteiger partial charge in [0.25, 0.3) is 0 Å². The molecule has 0 saturated carbocycles. The van der Waals surface area contributed by atoms with Gasteiger partial charge in [-0.3, -0.25) is 9.52 Å². The second-order valence-corrected chi connectivity index (χ2v) is 9.82. The summed E-state index contributed by atoms with van der Waals surface area (Å²) in [6, 6.07) is 12.2. The molecule has 0 unspecified atom stereocenters. The van der Waals surface area contributed by atoms with Crippen molar-refractivity contribution in [1.29, 1.82) is 0 Å². The van der Waals surface area contributed by atoms with Crippen molar-refractivity contribution in [2.75, 3.05) is 35.5 Å². The highest BCUT2D eigenvalue weighted by atomic mass is 32.2. The number of nitrogens with one attached hydrogen (secondary N) is 2. The number of piperidine rings is 1. The van der Waals surface area contributed by atoms with Crippen molar-refractivity contribution < 1.29 is 28.5 Å². The number of carboxylic acid groups (broad SMARTS) is 1. The van der Waals surface area contributed by atoms with E-state index < -0.39 is 22.1 Å². The van der Waals surface area contributed by atoms with Crippen LogP contribution in [0.15, 0.2) is 42.5 Å². The van der Waals surface area contributed by atoms with Gasteiger partial charge in [-0.2, -0.15) is 0 Å². The maximum absolute atomic E-state index is 11.4. The summed E-state index contributed by atoms with van der Waals surface area (Å²) >= 11 is 0. The zero-order chi connectivity index (χ0) is 23.3. The topological polar surface area (TPSA) is 139 Å². The molecule has 0 aliphatic carbocycles. The average molecular weight is 464 g/mol. The van der Waals surface area contributed by atoms with E-state index in [0.29, 0.717) is 12.1 Å². The van der Waals surface area contributed by atoms with E-state index in [9.17, 15) is 23.4 Å². The van der Waals surface area contributed by atoms with Crippen molar-refractivity contribution in [2.24, 2.45) is 0 Å². The third-order valence-electron chi connectivity index (χ3n) is 5.45. The van der Waals surface area contributed by atoms with Crippen LogP contribution in [0.1, 0.15) is 30.1 Å². The number of anilines is 2. The van der Waals surface area contributed by atoms with Crippen molar-refractivity contribution in [3.05, 3.63) is 53.6 Å². The van der Waals surface area contributed by atoms with E-state index in [4.69, 9.17) is 5.11 Å². The van der Waals surface area contributed by atoms with Gasteiger partial charge in [0.05, 0.1) is 24.5 Å². The molecule has 3 rings (SSSR count). The maximum atomic E-state index is 11.4. The molecule has 5 N–H and O–H groups in total. The fourth-order valence-corrected chi connectivity index (χ4v) is 4.34. The molecule has 2 aromatic carbocycles. The number of aromatic hydroxyl groups is 1. The number of benzene rings is 2. The number of carbonyl (C=O) groups is 1. The third-order valence-corrected chi connectivity index (χ3v) is 6.04. The molecule has 1 heterocycles. The first-order valence-electron chi connectivity index (χ1n) is 10.4. The second-order valence-electron chi connectivity index (χ2n) is 8.07. The van der Waals surface area contributed by atoms with E-state index >= 15 is 0 Å². The molecule has 0 radical (unpaired) electrons. The molecule has 0 amide bonds. The quantitative estimate of drug-likeness (QED) is 0.354. The van der Waals surface area contributed by atoms with Crippen molar-refractivity contribution in [2.45, 2.75) is 31.4 Å². The van der Waals surface area contributed by atoms with Crippen LogP contribution in [0.5, 0.6) is 5.75 Å². The van der Waals surface area contributed by atoms with Gasteiger partial charge in [-0.1, -0.05) is 18.2 Å². The number of rotatable bonds is 9. The van der Waals surface area contributed by atoms with Crippen LogP contribution in [0.4, 0.5) is 11.4 Å². The van der Waals surface area contributed by atoms with E-state index in [-0.39, 0.29) is 23.9 Å². The van der Waals surface area contributed by atoms with Crippen LogP contribution < -0.4 is 14.9 Å². The summed E-state index contributed by atoms with van der Waals surface area (Å²) in [7, 11) is -3.55. The average Bonchev–Trinajstić information content (AvgIpc) is 2.73. The lowest BCUT2D eigenvalue weighted by molar-refractivity contribution is -0.136. The zero-order valence-corrected chi connectivity index (χ0v) is 18.7. The molecule has 9 nitrogen and oxygen atoms in total. The lowest BCUT2D eigenvalue weighted by atomic mass is 10.0. The molecule has 0 aromatic heterocycles. The molecule has 174 valence electrons. The number of phenols is 1. The number of phenolic OH excluding ortho intramolecular Hbond substituents is 1. The predicted octanol–water partition coefficient (Wildman–Crippen LogP) is 1.68. The Labute approximate surface area is 187 Å². The molecule has 2 aromatic rings. The molecular formula is C22H29N3O6S. The van der Waals surface area contributed by atoms with E-state index in [2.05, 4.69) is 14.9 Å². The SMILES string of the molecule is CS(=O)(=O)Nc1cc([C@@H](O)CNC2CCN(c3ccc(CC(=O)O)cc3)CC2)ccc1O. The lowest BCUT2D eigenvalue weighted by Gasteiger charge is -2.34. The minimum Gasteiger partial charge on any atom is -0.506 e. The zero-order valence-electron chi connectivity index (χ0n) is 17.9. The molecule has 32 heavy (non-hydrogen) atoms. The smallest absolute Gasteiger partial charge is 0.307 e. The monoisotopic (exact) mass is 463 g/mol. The van der Waals surface area contributed by atoms with Gasteiger partial charge in [-0.25, -0.2) is 8.42 Å². The lowest BCUT2D eigenvalue weighted by Crippen LogP contribution is -2.43. The highest BCUT2D eigenvalue weighted by molar-refractivity contribution is 7.92. The van der Waals surface area contributed by atoms with Gasteiger partial charge in [0.15, 0.2) is 0 Å². The summed E-state index contributed by atoms with van der Waals surface area (Å²) in [5.74, 6) is -1.05.